The Bertz CT molecular complexity index is 604. The fraction of sp³-hybridized carbons (Fsp3) is 0.643. The Morgan fingerprint density at radius 2 is 2.15 bits per heavy atom. The van der Waals surface area contributed by atoms with Crippen LogP contribution < -0.4 is 0 Å². The monoisotopic (exact) mass is 298 g/mol. The molecule has 0 spiro atoms. The summed E-state index contributed by atoms with van der Waals surface area (Å²) in [4.78, 5) is 17.3. The highest BCUT2D eigenvalue weighted by molar-refractivity contribution is 7.91. The third-order valence-electron chi connectivity index (χ3n) is 3.91. The number of hydrogen-bond acceptors (Lipinski definition) is 3. The second-order valence-corrected chi connectivity index (χ2v) is 7.74. The number of nitrogens with one attached hydrogen (secondary N) is 1. The van der Waals surface area contributed by atoms with E-state index in [1.54, 1.807) is 4.90 Å². The van der Waals surface area contributed by atoms with Gasteiger partial charge in [-0.2, -0.15) is 0 Å². The molecule has 0 radical (unpaired) electrons. The quantitative estimate of drug-likeness (QED) is 0.908. The summed E-state index contributed by atoms with van der Waals surface area (Å²) in [5.74, 6) is 0.318. The SMILES string of the molecule is CCN(C(=O)Cc1cc(C)[nH]c1C)C1CCS(=O)(=O)C1. The molecule has 1 aliphatic heterocycles. The smallest absolute Gasteiger partial charge is 0.227 e. The molecule has 0 bridgehead atoms. The van der Waals surface area contributed by atoms with Gasteiger partial charge in [0.1, 0.15) is 0 Å². The molecule has 1 saturated heterocycles. The van der Waals surface area contributed by atoms with Crippen LogP contribution >= 0.6 is 0 Å². The maximum atomic E-state index is 12.4. The average molecular weight is 298 g/mol. The molecule has 20 heavy (non-hydrogen) atoms. The number of likely N-dealkylation sites (N-methyl/N-ethyl adjacent to an activating group) is 1. The van der Waals surface area contributed by atoms with Crippen molar-refractivity contribution in [2.75, 3.05) is 18.1 Å². The fourth-order valence-corrected chi connectivity index (χ4v) is 4.62. The number of H-pyrrole nitrogens is 1. The molecule has 1 aliphatic rings. The molecule has 5 nitrogen and oxygen atoms in total. The molecule has 1 aromatic heterocycles. The van der Waals surface area contributed by atoms with Gasteiger partial charge in [-0.25, -0.2) is 8.42 Å². The molecule has 1 N–H and O–H groups in total. The van der Waals surface area contributed by atoms with E-state index in [0.717, 1.165) is 17.0 Å². The molecule has 0 saturated carbocycles. The van der Waals surface area contributed by atoms with Crippen LogP contribution in [0, 0.1) is 13.8 Å². The van der Waals surface area contributed by atoms with Gasteiger partial charge in [-0.05, 0) is 38.8 Å². The Labute approximate surface area is 120 Å². The van der Waals surface area contributed by atoms with Crippen molar-refractivity contribution in [3.63, 3.8) is 0 Å². The minimum absolute atomic E-state index is 0.0108. The number of hydrogen-bond donors (Lipinski definition) is 1. The Kier molecular flexibility index (Phi) is 4.22. The summed E-state index contributed by atoms with van der Waals surface area (Å²) < 4.78 is 23.1. The third kappa shape index (κ3) is 3.23. The highest BCUT2D eigenvalue weighted by atomic mass is 32.2. The second-order valence-electron chi connectivity index (χ2n) is 5.52. The summed E-state index contributed by atoms with van der Waals surface area (Å²) in [5, 5.41) is 0. The first-order chi connectivity index (χ1) is 9.32. The number of carbonyl (C=O) groups excluding carboxylic acids is 1. The molecule has 6 heteroatoms. The van der Waals surface area contributed by atoms with Gasteiger partial charge in [-0.15, -0.1) is 0 Å². The van der Waals surface area contributed by atoms with Crippen molar-refractivity contribution < 1.29 is 13.2 Å². The predicted molar refractivity (Wildman–Crippen MR) is 78.4 cm³/mol. The summed E-state index contributed by atoms with van der Waals surface area (Å²) in [6, 6.07) is 1.82. The van der Waals surface area contributed by atoms with Crippen molar-refractivity contribution >= 4 is 15.7 Å². The lowest BCUT2D eigenvalue weighted by Crippen LogP contribution is -2.41. The maximum absolute atomic E-state index is 12.4. The highest BCUT2D eigenvalue weighted by Crippen LogP contribution is 2.19. The topological polar surface area (TPSA) is 70.2 Å². The summed E-state index contributed by atoms with van der Waals surface area (Å²) >= 11 is 0. The number of aromatic amines is 1. The lowest BCUT2D eigenvalue weighted by molar-refractivity contribution is -0.132. The van der Waals surface area contributed by atoms with Gasteiger partial charge in [-0.3, -0.25) is 4.79 Å². The molecule has 0 aromatic carbocycles. The Hall–Kier alpha value is -1.30. The number of carbonyl (C=O) groups is 1. The largest absolute Gasteiger partial charge is 0.362 e. The lowest BCUT2D eigenvalue weighted by atomic mass is 10.1. The number of aromatic nitrogens is 1. The highest BCUT2D eigenvalue weighted by Gasteiger charge is 2.33. The summed E-state index contributed by atoms with van der Waals surface area (Å²) in [5.41, 5.74) is 3.04. The zero-order chi connectivity index (χ0) is 14.9. The van der Waals surface area contributed by atoms with Crippen LogP contribution in [0.5, 0.6) is 0 Å². The number of nitrogens with zero attached hydrogens (tertiary/aromatic N) is 1. The van der Waals surface area contributed by atoms with Crippen LogP contribution in [0.3, 0.4) is 0 Å². The molecule has 2 rings (SSSR count). The van der Waals surface area contributed by atoms with Gasteiger partial charge in [0, 0.05) is 24.0 Å². The second kappa shape index (κ2) is 5.60. The summed E-state index contributed by atoms with van der Waals surface area (Å²) in [6.45, 7) is 6.37. The van der Waals surface area contributed by atoms with Crippen LogP contribution in [-0.4, -0.2) is 48.3 Å². The van der Waals surface area contributed by atoms with E-state index in [1.807, 2.05) is 26.8 Å². The van der Waals surface area contributed by atoms with Gasteiger partial charge in [-0.1, -0.05) is 0 Å². The number of rotatable bonds is 4. The van der Waals surface area contributed by atoms with Crippen LogP contribution in [0.15, 0.2) is 6.07 Å². The van der Waals surface area contributed by atoms with Gasteiger partial charge in [0.2, 0.25) is 5.91 Å². The van der Waals surface area contributed by atoms with E-state index in [4.69, 9.17) is 0 Å². The molecular formula is C14H22N2O3S. The van der Waals surface area contributed by atoms with Crippen molar-refractivity contribution in [3.8, 4) is 0 Å². The van der Waals surface area contributed by atoms with Crippen molar-refractivity contribution in [3.05, 3.63) is 23.0 Å². The van der Waals surface area contributed by atoms with Crippen molar-refractivity contribution in [2.45, 2.75) is 39.7 Å². The summed E-state index contributed by atoms with van der Waals surface area (Å²) in [6.07, 6.45) is 0.896. The van der Waals surface area contributed by atoms with Gasteiger partial charge in [0.15, 0.2) is 9.84 Å². The minimum atomic E-state index is -2.96. The van der Waals surface area contributed by atoms with E-state index in [2.05, 4.69) is 4.98 Å². The first kappa shape index (κ1) is 15.1. The van der Waals surface area contributed by atoms with Gasteiger partial charge in [0.25, 0.3) is 0 Å². The van der Waals surface area contributed by atoms with Crippen LogP contribution in [0.4, 0.5) is 0 Å². The van der Waals surface area contributed by atoms with Crippen molar-refractivity contribution in [2.24, 2.45) is 0 Å². The lowest BCUT2D eigenvalue weighted by Gasteiger charge is -2.27. The molecule has 0 aliphatic carbocycles. The Morgan fingerprint density at radius 1 is 1.45 bits per heavy atom. The van der Waals surface area contributed by atoms with E-state index < -0.39 is 9.84 Å². The summed E-state index contributed by atoms with van der Waals surface area (Å²) in [7, 11) is -2.96. The maximum Gasteiger partial charge on any atom is 0.227 e. The predicted octanol–water partition coefficient (Wildman–Crippen LogP) is 1.21. The van der Waals surface area contributed by atoms with Gasteiger partial charge < -0.3 is 9.88 Å². The molecule has 1 aromatic rings. The van der Waals surface area contributed by atoms with Crippen molar-refractivity contribution in [1.82, 2.24) is 9.88 Å². The first-order valence-electron chi connectivity index (χ1n) is 6.97. The zero-order valence-corrected chi connectivity index (χ0v) is 13.1. The van der Waals surface area contributed by atoms with Crippen molar-refractivity contribution in [1.29, 1.82) is 0 Å². The molecule has 1 amide bonds. The number of aryl methyl sites for hydroxylation is 2. The molecule has 2 heterocycles. The van der Waals surface area contributed by atoms with Crippen LogP contribution in [-0.2, 0) is 21.1 Å². The standard InChI is InChI=1S/C14H22N2O3S/c1-4-16(13-5-6-20(18,19)9-13)14(17)8-12-7-10(2)15-11(12)3/h7,13,15H,4-6,8-9H2,1-3H3. The van der Waals surface area contributed by atoms with Crippen LogP contribution in [0.2, 0.25) is 0 Å². The van der Waals surface area contributed by atoms with Gasteiger partial charge in [0.05, 0.1) is 17.9 Å². The average Bonchev–Trinajstić information content (AvgIpc) is 2.83. The Balaban J connectivity index is 2.08. The minimum Gasteiger partial charge on any atom is -0.362 e. The molecule has 112 valence electrons. The Morgan fingerprint density at radius 3 is 2.60 bits per heavy atom. The number of amides is 1. The third-order valence-corrected chi connectivity index (χ3v) is 5.66. The molecule has 1 atom stereocenters. The molecular weight excluding hydrogens is 276 g/mol. The molecule has 1 unspecified atom stereocenters. The van der Waals surface area contributed by atoms with Gasteiger partial charge >= 0.3 is 0 Å². The fourth-order valence-electron chi connectivity index (χ4n) is 2.89. The molecule has 1 fully saturated rings. The van der Waals surface area contributed by atoms with E-state index in [9.17, 15) is 13.2 Å². The normalized spacial score (nSPS) is 21.1. The van der Waals surface area contributed by atoms with Crippen LogP contribution in [0.1, 0.15) is 30.3 Å². The number of sulfone groups is 1. The van der Waals surface area contributed by atoms with E-state index >= 15 is 0 Å². The first-order valence-corrected chi connectivity index (χ1v) is 8.79. The van der Waals surface area contributed by atoms with E-state index in [1.165, 1.54) is 0 Å². The van der Waals surface area contributed by atoms with E-state index in [0.29, 0.717) is 19.4 Å². The van der Waals surface area contributed by atoms with E-state index in [-0.39, 0.29) is 23.5 Å². The zero-order valence-electron chi connectivity index (χ0n) is 12.3. The van der Waals surface area contributed by atoms with Crippen LogP contribution in [0.25, 0.3) is 0 Å².